The van der Waals surface area contributed by atoms with E-state index < -0.39 is 80.2 Å². The zero-order valence-electron chi connectivity index (χ0n) is 20.3. The smallest absolute Gasteiger partial charge is 0.337 e. The molecule has 3 atom stereocenters. The normalized spacial score (nSPS) is 21.9. The van der Waals surface area contributed by atoms with Crippen molar-refractivity contribution >= 4 is 69.6 Å². The SMILES string of the molecule is O=C1Nc2c(Cl)cccc2N(c2ccc(Cl)c(Cl)c2)C[C@@H]1N1C(=O)[C@@H](CCC(F)(F)F)[C@@H](CCC(F)(F)F)C1=O. The third-order valence-electron chi connectivity index (χ3n) is 6.79. The Balaban J connectivity index is 1.75. The molecule has 0 radical (unpaired) electrons. The quantitative estimate of drug-likeness (QED) is 0.267. The first-order valence-corrected chi connectivity index (χ1v) is 13.0. The molecule has 1 fully saturated rings. The number of rotatable bonds is 6. The van der Waals surface area contributed by atoms with Gasteiger partial charge < -0.3 is 10.2 Å². The van der Waals surface area contributed by atoms with Crippen LogP contribution in [-0.2, 0) is 14.4 Å². The summed E-state index contributed by atoms with van der Waals surface area (Å²) in [5.41, 5.74) is 0.813. The van der Waals surface area contributed by atoms with Crippen molar-refractivity contribution in [3.63, 3.8) is 0 Å². The van der Waals surface area contributed by atoms with E-state index in [1.54, 1.807) is 12.1 Å². The second-order valence-corrected chi connectivity index (χ2v) is 10.6. The van der Waals surface area contributed by atoms with Crippen molar-refractivity contribution in [1.29, 1.82) is 0 Å². The molecule has 1 N–H and O–H groups in total. The Morgan fingerprint density at radius 1 is 0.800 bits per heavy atom. The molecule has 6 nitrogen and oxygen atoms in total. The molecule has 0 bridgehead atoms. The number of anilines is 3. The number of fused-ring (bicyclic) bond motifs is 1. The first kappa shape index (κ1) is 30.3. The van der Waals surface area contributed by atoms with Crippen molar-refractivity contribution in [3.05, 3.63) is 51.5 Å². The summed E-state index contributed by atoms with van der Waals surface area (Å²) in [6.07, 6.45) is -14.2. The van der Waals surface area contributed by atoms with Crippen LogP contribution in [0, 0.1) is 11.8 Å². The number of carbonyl (C=O) groups excluding carboxylic acids is 3. The molecule has 2 aliphatic heterocycles. The fraction of sp³-hybridized carbons (Fsp3) is 0.400. The zero-order chi connectivity index (χ0) is 29.6. The van der Waals surface area contributed by atoms with Crippen molar-refractivity contribution in [3.8, 4) is 0 Å². The van der Waals surface area contributed by atoms with Gasteiger partial charge in [0.05, 0.1) is 44.8 Å². The molecule has 216 valence electrons. The number of likely N-dealkylation sites (tertiary alicyclic amines) is 1. The monoisotopic (exact) mass is 629 g/mol. The van der Waals surface area contributed by atoms with Crippen LogP contribution in [0.3, 0.4) is 0 Å². The number of imide groups is 1. The van der Waals surface area contributed by atoms with E-state index in [9.17, 15) is 40.7 Å². The Bertz CT molecular complexity index is 1300. The van der Waals surface area contributed by atoms with E-state index in [1.165, 1.54) is 29.2 Å². The van der Waals surface area contributed by atoms with Crippen LogP contribution in [0.2, 0.25) is 15.1 Å². The van der Waals surface area contributed by atoms with Gasteiger partial charge in [0.2, 0.25) is 17.7 Å². The molecule has 0 saturated carbocycles. The minimum Gasteiger partial charge on any atom is -0.337 e. The minimum absolute atomic E-state index is 0.0988. The van der Waals surface area contributed by atoms with Gasteiger partial charge in [-0.15, -0.1) is 0 Å². The molecular formula is C25H20Cl3F6N3O3. The molecule has 2 aromatic rings. The van der Waals surface area contributed by atoms with Crippen LogP contribution in [0.4, 0.5) is 43.4 Å². The predicted octanol–water partition coefficient (Wildman–Crippen LogP) is 7.39. The third-order valence-corrected chi connectivity index (χ3v) is 7.84. The van der Waals surface area contributed by atoms with Gasteiger partial charge in [0.15, 0.2) is 0 Å². The number of alkyl halides is 6. The first-order valence-electron chi connectivity index (χ1n) is 11.9. The van der Waals surface area contributed by atoms with Crippen molar-refractivity contribution in [2.24, 2.45) is 11.8 Å². The molecule has 0 aliphatic carbocycles. The summed E-state index contributed by atoms with van der Waals surface area (Å²) in [5.74, 6) is -6.56. The van der Waals surface area contributed by atoms with E-state index in [4.69, 9.17) is 34.8 Å². The van der Waals surface area contributed by atoms with Crippen LogP contribution in [-0.4, -0.2) is 47.6 Å². The maximum atomic E-state index is 13.4. The molecule has 0 spiro atoms. The molecular weight excluding hydrogens is 611 g/mol. The number of nitrogens with one attached hydrogen (secondary N) is 1. The van der Waals surface area contributed by atoms with Crippen molar-refractivity contribution in [2.45, 2.75) is 44.1 Å². The number of hydrogen-bond donors (Lipinski definition) is 1. The molecule has 15 heteroatoms. The second-order valence-electron chi connectivity index (χ2n) is 9.42. The standard InChI is InChI=1S/C25H20Cl3F6N3O3/c26-15-5-4-12(10-17(15)28)36-11-19(21(38)35-20-16(27)2-1-3-18(20)36)37-22(39)13(6-8-24(29,30)31)14(23(37)40)7-9-25(32,33)34/h1-5,10,13-14,19H,6-9,11H2,(H,35,38)/t13-,14+,19-/m0/s1. The van der Waals surface area contributed by atoms with Crippen LogP contribution >= 0.6 is 34.8 Å². The van der Waals surface area contributed by atoms with Gasteiger partial charge in [-0.05, 0) is 43.2 Å². The zero-order valence-corrected chi connectivity index (χ0v) is 22.5. The highest BCUT2D eigenvalue weighted by atomic mass is 35.5. The van der Waals surface area contributed by atoms with E-state index in [-0.39, 0.29) is 20.8 Å². The lowest BCUT2D eigenvalue weighted by molar-refractivity contribution is -0.147. The van der Waals surface area contributed by atoms with Gasteiger partial charge in [0.1, 0.15) is 6.04 Å². The summed E-state index contributed by atoms with van der Waals surface area (Å²) >= 11 is 18.5. The van der Waals surface area contributed by atoms with E-state index in [2.05, 4.69) is 5.32 Å². The number of carbonyl (C=O) groups is 3. The minimum atomic E-state index is -4.71. The third kappa shape index (κ3) is 6.44. The molecule has 3 amide bonds. The fourth-order valence-electron chi connectivity index (χ4n) is 4.92. The Morgan fingerprint density at radius 3 is 1.90 bits per heavy atom. The lowest BCUT2D eigenvalue weighted by Crippen LogP contribution is -2.51. The molecule has 2 aromatic carbocycles. The van der Waals surface area contributed by atoms with Gasteiger partial charge in [0.25, 0.3) is 0 Å². The van der Waals surface area contributed by atoms with E-state index in [1.807, 2.05) is 0 Å². The van der Waals surface area contributed by atoms with Gasteiger partial charge in [0, 0.05) is 18.5 Å². The lowest BCUT2D eigenvalue weighted by atomic mass is 9.87. The molecule has 1 saturated heterocycles. The molecule has 40 heavy (non-hydrogen) atoms. The fourth-order valence-corrected chi connectivity index (χ4v) is 5.43. The van der Waals surface area contributed by atoms with Crippen LogP contribution < -0.4 is 10.2 Å². The topological polar surface area (TPSA) is 69.7 Å². The van der Waals surface area contributed by atoms with Crippen LogP contribution in [0.25, 0.3) is 0 Å². The second kappa shape index (κ2) is 11.3. The summed E-state index contributed by atoms with van der Waals surface area (Å²) in [6.45, 7) is -0.396. The van der Waals surface area contributed by atoms with Gasteiger partial charge in [-0.3, -0.25) is 19.3 Å². The largest absolute Gasteiger partial charge is 0.389 e. The molecule has 0 unspecified atom stereocenters. The summed E-state index contributed by atoms with van der Waals surface area (Å²) in [5, 5.41) is 2.99. The predicted molar refractivity (Wildman–Crippen MR) is 137 cm³/mol. The summed E-state index contributed by atoms with van der Waals surface area (Å²) in [7, 11) is 0. The highest BCUT2D eigenvalue weighted by molar-refractivity contribution is 6.42. The number of benzene rings is 2. The van der Waals surface area contributed by atoms with Gasteiger partial charge in [-0.2, -0.15) is 26.3 Å². The Hall–Kier alpha value is -2.70. The number of halogens is 9. The number of amides is 3. The maximum Gasteiger partial charge on any atom is 0.389 e. The average Bonchev–Trinajstić information content (AvgIpc) is 2.97. The molecule has 2 aliphatic rings. The van der Waals surface area contributed by atoms with Gasteiger partial charge in [-0.25, -0.2) is 0 Å². The molecule has 4 rings (SSSR count). The highest BCUT2D eigenvalue weighted by Crippen LogP contribution is 2.43. The van der Waals surface area contributed by atoms with Gasteiger partial charge in [-0.1, -0.05) is 40.9 Å². The summed E-state index contributed by atoms with van der Waals surface area (Å²) in [4.78, 5) is 42.2. The van der Waals surface area contributed by atoms with E-state index in [0.717, 1.165) is 0 Å². The summed E-state index contributed by atoms with van der Waals surface area (Å²) < 4.78 is 78.0. The van der Waals surface area contributed by atoms with Crippen molar-refractivity contribution < 1.29 is 40.7 Å². The number of nitrogens with zero attached hydrogens (tertiary/aromatic N) is 2. The molecule has 0 aromatic heterocycles. The summed E-state index contributed by atoms with van der Waals surface area (Å²) in [6, 6.07) is 7.46. The average molecular weight is 631 g/mol. The van der Waals surface area contributed by atoms with Gasteiger partial charge >= 0.3 is 12.4 Å². The number of hydrogen-bond acceptors (Lipinski definition) is 4. The van der Waals surface area contributed by atoms with Crippen LogP contribution in [0.15, 0.2) is 36.4 Å². The van der Waals surface area contributed by atoms with E-state index >= 15 is 0 Å². The Morgan fingerprint density at radius 2 is 1.38 bits per heavy atom. The van der Waals surface area contributed by atoms with Crippen LogP contribution in [0.5, 0.6) is 0 Å². The van der Waals surface area contributed by atoms with E-state index in [0.29, 0.717) is 16.3 Å². The Labute approximate surface area is 239 Å². The lowest BCUT2D eigenvalue weighted by Gasteiger charge is -2.30. The number of para-hydroxylation sites is 1. The molecule has 2 heterocycles. The van der Waals surface area contributed by atoms with Crippen molar-refractivity contribution in [2.75, 3.05) is 16.8 Å². The highest BCUT2D eigenvalue weighted by Gasteiger charge is 2.53. The first-order chi connectivity index (χ1) is 18.6. The van der Waals surface area contributed by atoms with Crippen molar-refractivity contribution in [1.82, 2.24) is 4.90 Å². The maximum absolute atomic E-state index is 13.4. The van der Waals surface area contributed by atoms with Crippen LogP contribution in [0.1, 0.15) is 25.7 Å². The Kier molecular flexibility index (Phi) is 8.54.